The molecule has 0 aliphatic carbocycles. The van der Waals surface area contributed by atoms with Gasteiger partial charge in [-0.3, -0.25) is 4.79 Å². The Kier molecular flexibility index (Phi) is 2.73. The summed E-state index contributed by atoms with van der Waals surface area (Å²) in [5, 5.41) is 2.84. The van der Waals surface area contributed by atoms with Crippen molar-refractivity contribution >= 4 is 11.6 Å². The normalized spacial score (nSPS) is 13.0. The van der Waals surface area contributed by atoms with Gasteiger partial charge in [-0.25, -0.2) is 0 Å². The molecular weight excluding hydrogens is 226 g/mol. The molecule has 18 heavy (non-hydrogen) atoms. The zero-order chi connectivity index (χ0) is 12.4. The first-order chi connectivity index (χ1) is 8.83. The largest absolute Gasteiger partial charge is 0.487 e. The number of carbonyl (C=O) groups is 1. The van der Waals surface area contributed by atoms with Crippen molar-refractivity contribution in [3.05, 3.63) is 59.7 Å². The fourth-order valence-electron chi connectivity index (χ4n) is 2.08. The highest BCUT2D eigenvalue weighted by Crippen LogP contribution is 2.33. The standard InChI is InChI=1S/C15H13NO2/c17-14-9-12-7-4-8-13(15(12)16-14)18-10-11-5-2-1-3-6-11/h1-8H,9-10H2,(H,16,17). The van der Waals surface area contributed by atoms with Gasteiger partial charge in [0.2, 0.25) is 5.91 Å². The monoisotopic (exact) mass is 239 g/mol. The van der Waals surface area contributed by atoms with Gasteiger partial charge in [-0.2, -0.15) is 0 Å². The summed E-state index contributed by atoms with van der Waals surface area (Å²) in [6.45, 7) is 0.507. The average Bonchev–Trinajstić information content (AvgIpc) is 2.78. The predicted molar refractivity (Wildman–Crippen MR) is 69.5 cm³/mol. The van der Waals surface area contributed by atoms with Gasteiger partial charge < -0.3 is 10.1 Å². The van der Waals surface area contributed by atoms with Gasteiger partial charge in [0.05, 0.1) is 12.1 Å². The minimum atomic E-state index is 0.0285. The molecule has 3 rings (SSSR count). The highest BCUT2D eigenvalue weighted by molar-refractivity contribution is 6.00. The maximum Gasteiger partial charge on any atom is 0.228 e. The summed E-state index contributed by atoms with van der Waals surface area (Å²) < 4.78 is 5.77. The van der Waals surface area contributed by atoms with E-state index in [4.69, 9.17) is 4.74 Å². The molecule has 3 nitrogen and oxygen atoms in total. The van der Waals surface area contributed by atoms with Gasteiger partial charge in [-0.1, -0.05) is 42.5 Å². The molecule has 2 aromatic rings. The molecule has 2 aromatic carbocycles. The number of hydrogen-bond donors (Lipinski definition) is 1. The van der Waals surface area contributed by atoms with Gasteiger partial charge in [0.1, 0.15) is 12.4 Å². The van der Waals surface area contributed by atoms with Crippen LogP contribution in [0, 0.1) is 0 Å². The fraction of sp³-hybridized carbons (Fsp3) is 0.133. The van der Waals surface area contributed by atoms with Crippen molar-refractivity contribution in [2.45, 2.75) is 13.0 Å². The number of amides is 1. The number of benzene rings is 2. The third-order valence-electron chi connectivity index (χ3n) is 2.97. The zero-order valence-corrected chi connectivity index (χ0v) is 9.85. The smallest absolute Gasteiger partial charge is 0.228 e. The molecule has 0 fully saturated rings. The number of para-hydroxylation sites is 1. The van der Waals surface area contributed by atoms with Crippen molar-refractivity contribution in [3.8, 4) is 5.75 Å². The Morgan fingerprint density at radius 1 is 1.06 bits per heavy atom. The van der Waals surface area contributed by atoms with E-state index in [0.717, 1.165) is 22.6 Å². The summed E-state index contributed by atoms with van der Waals surface area (Å²) in [7, 11) is 0. The van der Waals surface area contributed by atoms with Gasteiger partial charge in [0.15, 0.2) is 0 Å². The molecule has 0 spiro atoms. The molecule has 90 valence electrons. The third kappa shape index (κ3) is 2.07. The lowest BCUT2D eigenvalue weighted by atomic mass is 10.1. The molecule has 0 aromatic heterocycles. The van der Waals surface area contributed by atoms with Crippen LogP contribution < -0.4 is 10.1 Å². The number of rotatable bonds is 3. The molecule has 0 saturated carbocycles. The van der Waals surface area contributed by atoms with Crippen molar-refractivity contribution in [1.29, 1.82) is 0 Å². The van der Waals surface area contributed by atoms with Gasteiger partial charge in [-0.05, 0) is 17.2 Å². The summed E-state index contributed by atoms with van der Waals surface area (Å²) in [5.41, 5.74) is 2.93. The first-order valence-corrected chi connectivity index (χ1v) is 5.91. The molecule has 0 radical (unpaired) electrons. The van der Waals surface area contributed by atoms with Crippen LogP contribution in [0.5, 0.6) is 5.75 Å². The average molecular weight is 239 g/mol. The summed E-state index contributed by atoms with van der Waals surface area (Å²) in [4.78, 5) is 11.4. The van der Waals surface area contributed by atoms with Crippen LogP contribution in [-0.4, -0.2) is 5.91 Å². The summed E-state index contributed by atoms with van der Waals surface area (Å²) in [5.74, 6) is 0.767. The second-order valence-electron chi connectivity index (χ2n) is 4.29. The predicted octanol–water partition coefficient (Wildman–Crippen LogP) is 2.76. The van der Waals surface area contributed by atoms with E-state index >= 15 is 0 Å². The first kappa shape index (κ1) is 10.8. The van der Waals surface area contributed by atoms with Crippen molar-refractivity contribution < 1.29 is 9.53 Å². The van der Waals surface area contributed by atoms with E-state index in [1.807, 2.05) is 48.5 Å². The van der Waals surface area contributed by atoms with E-state index in [1.54, 1.807) is 0 Å². The Balaban J connectivity index is 1.78. The lowest BCUT2D eigenvalue weighted by Crippen LogP contribution is -2.05. The molecule has 0 unspecified atom stereocenters. The first-order valence-electron chi connectivity index (χ1n) is 5.91. The fourth-order valence-corrected chi connectivity index (χ4v) is 2.08. The van der Waals surface area contributed by atoms with Crippen molar-refractivity contribution in [2.75, 3.05) is 5.32 Å². The molecule has 1 amide bonds. The highest BCUT2D eigenvalue weighted by Gasteiger charge is 2.20. The van der Waals surface area contributed by atoms with E-state index in [0.29, 0.717) is 13.0 Å². The number of anilines is 1. The second-order valence-corrected chi connectivity index (χ2v) is 4.29. The highest BCUT2D eigenvalue weighted by atomic mass is 16.5. The van der Waals surface area contributed by atoms with Crippen LogP contribution in [0.2, 0.25) is 0 Å². The molecule has 0 atom stereocenters. The van der Waals surface area contributed by atoms with Crippen LogP contribution in [0.4, 0.5) is 5.69 Å². The van der Waals surface area contributed by atoms with E-state index in [9.17, 15) is 4.79 Å². The topological polar surface area (TPSA) is 38.3 Å². The van der Waals surface area contributed by atoms with Crippen LogP contribution in [0.15, 0.2) is 48.5 Å². The molecule has 1 heterocycles. The van der Waals surface area contributed by atoms with Gasteiger partial charge in [0.25, 0.3) is 0 Å². The van der Waals surface area contributed by atoms with Crippen molar-refractivity contribution in [2.24, 2.45) is 0 Å². The molecule has 0 bridgehead atoms. The Bertz CT molecular complexity index is 578. The molecule has 1 aliphatic rings. The van der Waals surface area contributed by atoms with E-state index in [2.05, 4.69) is 5.32 Å². The number of fused-ring (bicyclic) bond motifs is 1. The Hall–Kier alpha value is -2.29. The zero-order valence-electron chi connectivity index (χ0n) is 9.85. The SMILES string of the molecule is O=C1Cc2cccc(OCc3ccccc3)c2N1. The molecule has 1 N–H and O–H groups in total. The third-order valence-corrected chi connectivity index (χ3v) is 2.97. The van der Waals surface area contributed by atoms with Crippen LogP contribution in [-0.2, 0) is 17.8 Å². The summed E-state index contributed by atoms with van der Waals surface area (Å²) in [6, 6.07) is 15.7. The van der Waals surface area contributed by atoms with Gasteiger partial charge in [0, 0.05) is 0 Å². The lowest BCUT2D eigenvalue weighted by Gasteiger charge is -2.10. The lowest BCUT2D eigenvalue weighted by molar-refractivity contribution is -0.115. The summed E-state index contributed by atoms with van der Waals surface area (Å²) in [6.07, 6.45) is 0.442. The molecule has 1 aliphatic heterocycles. The Morgan fingerprint density at radius 2 is 1.89 bits per heavy atom. The van der Waals surface area contributed by atoms with E-state index in [1.165, 1.54) is 0 Å². The number of ether oxygens (including phenoxy) is 1. The number of hydrogen-bond acceptors (Lipinski definition) is 2. The number of nitrogens with one attached hydrogen (secondary N) is 1. The van der Waals surface area contributed by atoms with E-state index < -0.39 is 0 Å². The quantitative estimate of drug-likeness (QED) is 0.894. The maximum absolute atomic E-state index is 11.4. The van der Waals surface area contributed by atoms with Crippen LogP contribution in [0.25, 0.3) is 0 Å². The van der Waals surface area contributed by atoms with Crippen molar-refractivity contribution in [3.63, 3.8) is 0 Å². The van der Waals surface area contributed by atoms with Crippen LogP contribution >= 0.6 is 0 Å². The van der Waals surface area contributed by atoms with Gasteiger partial charge in [-0.15, -0.1) is 0 Å². The second kappa shape index (κ2) is 4.53. The maximum atomic E-state index is 11.4. The van der Waals surface area contributed by atoms with Crippen molar-refractivity contribution in [1.82, 2.24) is 0 Å². The Morgan fingerprint density at radius 3 is 2.72 bits per heavy atom. The molecular formula is C15H13NO2. The van der Waals surface area contributed by atoms with E-state index in [-0.39, 0.29) is 5.91 Å². The van der Waals surface area contributed by atoms with Gasteiger partial charge >= 0.3 is 0 Å². The van der Waals surface area contributed by atoms with Crippen LogP contribution in [0.1, 0.15) is 11.1 Å². The molecule has 0 saturated heterocycles. The van der Waals surface area contributed by atoms with Crippen LogP contribution in [0.3, 0.4) is 0 Å². The molecule has 3 heteroatoms. The summed E-state index contributed by atoms with van der Waals surface area (Å²) >= 11 is 0. The minimum Gasteiger partial charge on any atom is -0.487 e. The number of carbonyl (C=O) groups excluding carboxylic acids is 1. The Labute approximate surface area is 105 Å². The minimum absolute atomic E-state index is 0.0285.